The molecule has 0 bridgehead atoms. The van der Waals surface area contributed by atoms with Crippen LogP contribution in [-0.2, 0) is 6.54 Å². The van der Waals surface area contributed by atoms with Crippen LogP contribution in [-0.4, -0.2) is 27.3 Å². The van der Waals surface area contributed by atoms with E-state index in [1.54, 1.807) is 13.2 Å². The van der Waals surface area contributed by atoms with E-state index in [-0.39, 0.29) is 0 Å². The van der Waals surface area contributed by atoms with Gasteiger partial charge in [-0.1, -0.05) is 19.8 Å². The van der Waals surface area contributed by atoms with Gasteiger partial charge in [0.1, 0.15) is 5.75 Å². The lowest BCUT2D eigenvalue weighted by molar-refractivity contribution is 0.415. The second-order valence-electron chi connectivity index (χ2n) is 4.39. The van der Waals surface area contributed by atoms with E-state index < -0.39 is 0 Å². The minimum Gasteiger partial charge on any atom is -0.496 e. The van der Waals surface area contributed by atoms with E-state index in [2.05, 4.69) is 22.4 Å². The van der Waals surface area contributed by atoms with Crippen LogP contribution >= 0.6 is 0 Å². The van der Waals surface area contributed by atoms with Crippen LogP contribution in [0, 0.1) is 0 Å². The average molecular weight is 261 g/mol. The molecular weight excluding hydrogens is 242 g/mol. The molecule has 102 valence electrons. The number of benzene rings is 1. The van der Waals surface area contributed by atoms with Crippen molar-refractivity contribution in [2.45, 2.75) is 32.7 Å². The number of hydrogen-bond donors (Lipinski definition) is 1. The Hall–Kier alpha value is -2.11. The summed E-state index contributed by atoms with van der Waals surface area (Å²) in [5.41, 5.74) is 7.27. The second-order valence-corrected chi connectivity index (χ2v) is 4.39. The monoisotopic (exact) mass is 261 g/mol. The van der Waals surface area contributed by atoms with Gasteiger partial charge >= 0.3 is 0 Å². The maximum absolute atomic E-state index is 5.75. The van der Waals surface area contributed by atoms with E-state index >= 15 is 0 Å². The predicted molar refractivity (Wildman–Crippen MR) is 73.7 cm³/mol. The number of rotatable bonds is 6. The first-order chi connectivity index (χ1) is 9.26. The molecule has 19 heavy (non-hydrogen) atoms. The molecule has 0 atom stereocenters. The Morgan fingerprint density at radius 3 is 2.89 bits per heavy atom. The van der Waals surface area contributed by atoms with Crippen LogP contribution < -0.4 is 10.5 Å². The van der Waals surface area contributed by atoms with E-state index in [0.29, 0.717) is 17.3 Å². The van der Waals surface area contributed by atoms with Gasteiger partial charge in [-0.3, -0.25) is 0 Å². The van der Waals surface area contributed by atoms with E-state index in [9.17, 15) is 0 Å². The van der Waals surface area contributed by atoms with E-state index in [0.717, 1.165) is 24.9 Å². The van der Waals surface area contributed by atoms with Crippen LogP contribution in [0.25, 0.3) is 11.4 Å². The SMILES string of the molecule is CCCCCn1nnnc1-c1ccc(N)cc1OC. The Morgan fingerprint density at radius 2 is 2.16 bits per heavy atom. The number of aromatic nitrogens is 4. The largest absolute Gasteiger partial charge is 0.496 e. The first-order valence-corrected chi connectivity index (χ1v) is 6.46. The second kappa shape index (κ2) is 6.17. The summed E-state index contributed by atoms with van der Waals surface area (Å²) in [4.78, 5) is 0. The Bertz CT molecular complexity index is 538. The van der Waals surface area contributed by atoms with Crippen molar-refractivity contribution >= 4 is 5.69 Å². The normalized spacial score (nSPS) is 10.6. The zero-order valence-electron chi connectivity index (χ0n) is 11.3. The molecule has 0 saturated heterocycles. The van der Waals surface area contributed by atoms with E-state index in [4.69, 9.17) is 10.5 Å². The predicted octanol–water partition coefficient (Wildman–Crippen LogP) is 2.12. The van der Waals surface area contributed by atoms with Crippen LogP contribution in [0.5, 0.6) is 5.75 Å². The highest BCUT2D eigenvalue weighted by molar-refractivity contribution is 5.67. The quantitative estimate of drug-likeness (QED) is 0.636. The summed E-state index contributed by atoms with van der Waals surface area (Å²) in [7, 11) is 1.61. The minimum absolute atomic E-state index is 0.658. The highest BCUT2D eigenvalue weighted by Crippen LogP contribution is 2.29. The molecule has 1 heterocycles. The number of anilines is 1. The molecule has 0 radical (unpaired) electrons. The lowest BCUT2D eigenvalue weighted by atomic mass is 10.1. The van der Waals surface area contributed by atoms with Crippen LogP contribution in [0.15, 0.2) is 18.2 Å². The van der Waals surface area contributed by atoms with Gasteiger partial charge < -0.3 is 10.5 Å². The lowest BCUT2D eigenvalue weighted by Gasteiger charge is -2.09. The Morgan fingerprint density at radius 1 is 1.32 bits per heavy atom. The molecular formula is C13H19N5O. The highest BCUT2D eigenvalue weighted by atomic mass is 16.5. The summed E-state index contributed by atoms with van der Waals surface area (Å²) in [5.74, 6) is 1.40. The van der Waals surface area contributed by atoms with Crippen molar-refractivity contribution in [1.82, 2.24) is 20.2 Å². The number of tetrazole rings is 1. The molecule has 0 fully saturated rings. The molecule has 0 spiro atoms. The first-order valence-electron chi connectivity index (χ1n) is 6.46. The van der Waals surface area contributed by atoms with Crippen LogP contribution in [0.2, 0.25) is 0 Å². The molecule has 0 aliphatic heterocycles. The van der Waals surface area contributed by atoms with E-state index in [1.165, 1.54) is 6.42 Å². The van der Waals surface area contributed by atoms with Crippen molar-refractivity contribution in [2.75, 3.05) is 12.8 Å². The van der Waals surface area contributed by atoms with Gasteiger partial charge in [-0.2, -0.15) is 0 Å². The molecule has 0 aliphatic carbocycles. The summed E-state index contributed by atoms with van der Waals surface area (Å²) < 4.78 is 7.15. The van der Waals surface area contributed by atoms with Gasteiger partial charge in [0.15, 0.2) is 5.82 Å². The Kier molecular flexibility index (Phi) is 4.33. The highest BCUT2D eigenvalue weighted by Gasteiger charge is 2.13. The molecule has 0 aliphatic rings. The molecule has 6 heteroatoms. The number of unbranched alkanes of at least 4 members (excludes halogenated alkanes) is 2. The number of methoxy groups -OCH3 is 1. The van der Waals surface area contributed by atoms with E-state index in [1.807, 2.05) is 16.8 Å². The van der Waals surface area contributed by atoms with Gasteiger partial charge in [0.2, 0.25) is 0 Å². The van der Waals surface area contributed by atoms with Gasteiger partial charge in [-0.25, -0.2) is 4.68 Å². The zero-order valence-corrected chi connectivity index (χ0v) is 11.3. The van der Waals surface area contributed by atoms with Crippen molar-refractivity contribution in [2.24, 2.45) is 0 Å². The maximum Gasteiger partial charge on any atom is 0.185 e. The zero-order chi connectivity index (χ0) is 13.7. The third-order valence-electron chi connectivity index (χ3n) is 2.97. The third kappa shape index (κ3) is 3.01. The van der Waals surface area contributed by atoms with Crippen LogP contribution in [0.3, 0.4) is 0 Å². The Balaban J connectivity index is 2.29. The number of hydrogen-bond acceptors (Lipinski definition) is 5. The number of aryl methyl sites for hydroxylation is 1. The Labute approximate surface area is 112 Å². The minimum atomic E-state index is 0.658. The maximum atomic E-state index is 5.75. The smallest absolute Gasteiger partial charge is 0.185 e. The van der Waals surface area contributed by atoms with Gasteiger partial charge in [0, 0.05) is 18.3 Å². The molecule has 6 nitrogen and oxygen atoms in total. The van der Waals surface area contributed by atoms with Gasteiger partial charge in [0.25, 0.3) is 0 Å². The fraction of sp³-hybridized carbons (Fsp3) is 0.462. The van der Waals surface area contributed by atoms with Crippen molar-refractivity contribution in [3.8, 4) is 17.1 Å². The number of nitrogens with two attached hydrogens (primary N) is 1. The number of nitrogens with zero attached hydrogens (tertiary/aromatic N) is 4. The molecule has 0 unspecified atom stereocenters. The molecule has 1 aromatic carbocycles. The molecule has 2 rings (SSSR count). The lowest BCUT2D eigenvalue weighted by Crippen LogP contribution is -2.04. The van der Waals surface area contributed by atoms with Crippen molar-refractivity contribution in [3.05, 3.63) is 18.2 Å². The van der Waals surface area contributed by atoms with Gasteiger partial charge in [-0.05, 0) is 29.0 Å². The number of ether oxygens (including phenoxy) is 1. The molecule has 2 aromatic rings. The topological polar surface area (TPSA) is 78.9 Å². The molecule has 0 saturated carbocycles. The fourth-order valence-corrected chi connectivity index (χ4v) is 1.95. The van der Waals surface area contributed by atoms with Crippen molar-refractivity contribution in [1.29, 1.82) is 0 Å². The van der Waals surface area contributed by atoms with Gasteiger partial charge in [-0.15, -0.1) is 5.10 Å². The van der Waals surface area contributed by atoms with Crippen molar-refractivity contribution < 1.29 is 4.74 Å². The summed E-state index contributed by atoms with van der Waals surface area (Å²) in [6.45, 7) is 2.98. The fourth-order valence-electron chi connectivity index (χ4n) is 1.95. The van der Waals surface area contributed by atoms with Crippen LogP contribution in [0.1, 0.15) is 26.2 Å². The molecule has 2 N–H and O–H groups in total. The number of nitrogen functional groups attached to an aromatic ring is 1. The first kappa shape index (κ1) is 13.3. The molecule has 1 aromatic heterocycles. The van der Waals surface area contributed by atoms with Gasteiger partial charge in [0.05, 0.1) is 12.7 Å². The summed E-state index contributed by atoms with van der Waals surface area (Å²) in [6.07, 6.45) is 3.40. The summed E-state index contributed by atoms with van der Waals surface area (Å²) >= 11 is 0. The molecule has 0 amide bonds. The standard InChI is InChI=1S/C13H19N5O/c1-3-4-5-8-18-13(15-16-17-18)11-7-6-10(14)9-12(11)19-2/h6-7,9H,3-5,8,14H2,1-2H3. The van der Waals surface area contributed by atoms with Crippen LogP contribution in [0.4, 0.5) is 5.69 Å². The summed E-state index contributed by atoms with van der Waals surface area (Å²) in [6, 6.07) is 5.49. The average Bonchev–Trinajstić information content (AvgIpc) is 2.87. The third-order valence-corrected chi connectivity index (χ3v) is 2.97. The van der Waals surface area contributed by atoms with Crippen molar-refractivity contribution in [3.63, 3.8) is 0 Å². The summed E-state index contributed by atoms with van der Waals surface area (Å²) in [5, 5.41) is 11.9.